The zero-order valence-electron chi connectivity index (χ0n) is 19.9. The van der Waals surface area contributed by atoms with E-state index in [1.807, 2.05) is 27.7 Å². The van der Waals surface area contributed by atoms with Crippen LogP contribution in [0.2, 0.25) is 0 Å². The van der Waals surface area contributed by atoms with Crippen LogP contribution in [0, 0.1) is 6.92 Å². The second kappa shape index (κ2) is 10.4. The fraction of sp³-hybridized carbons (Fsp3) is 0.417. The van der Waals surface area contributed by atoms with Gasteiger partial charge in [-0.25, -0.2) is 13.1 Å². The summed E-state index contributed by atoms with van der Waals surface area (Å²) in [6.07, 6.45) is 0.713. The average Bonchev–Trinajstić information content (AvgIpc) is 3.25. The van der Waals surface area contributed by atoms with E-state index in [4.69, 9.17) is 9.47 Å². The Morgan fingerprint density at radius 3 is 2.41 bits per heavy atom. The Balaban J connectivity index is 1.74. The van der Waals surface area contributed by atoms with Crippen molar-refractivity contribution >= 4 is 21.8 Å². The van der Waals surface area contributed by atoms with Crippen molar-refractivity contribution in [2.75, 3.05) is 19.9 Å². The molecule has 0 spiro atoms. The van der Waals surface area contributed by atoms with Crippen LogP contribution in [0.1, 0.15) is 38.3 Å². The third kappa shape index (κ3) is 6.71. The first-order valence-corrected chi connectivity index (χ1v) is 12.5. The normalized spacial score (nSPS) is 12.9. The molecule has 0 saturated carbocycles. The summed E-state index contributed by atoms with van der Waals surface area (Å²) in [4.78, 5) is 27.1. The van der Waals surface area contributed by atoms with Crippen molar-refractivity contribution in [1.82, 2.24) is 14.9 Å². The van der Waals surface area contributed by atoms with Crippen molar-refractivity contribution in [1.29, 1.82) is 0 Å². The van der Waals surface area contributed by atoms with Crippen LogP contribution in [-0.4, -0.2) is 50.6 Å². The van der Waals surface area contributed by atoms with E-state index < -0.39 is 28.0 Å². The van der Waals surface area contributed by atoms with Crippen molar-refractivity contribution in [3.8, 4) is 11.5 Å². The molecule has 0 radical (unpaired) electrons. The van der Waals surface area contributed by atoms with E-state index in [9.17, 15) is 18.0 Å². The van der Waals surface area contributed by atoms with Gasteiger partial charge in [0.1, 0.15) is 0 Å². The predicted molar refractivity (Wildman–Crippen MR) is 127 cm³/mol. The number of nitrogens with one attached hydrogen (secondary N) is 2. The summed E-state index contributed by atoms with van der Waals surface area (Å²) in [5, 5.41) is 2.91. The molecule has 10 heteroatoms. The molecule has 2 aromatic rings. The smallest absolute Gasteiger partial charge is 0.241 e. The Morgan fingerprint density at radius 2 is 1.74 bits per heavy atom. The summed E-state index contributed by atoms with van der Waals surface area (Å²) < 4.78 is 38.3. The van der Waals surface area contributed by atoms with Crippen LogP contribution >= 0.6 is 0 Å². The Bertz CT molecular complexity index is 1150. The van der Waals surface area contributed by atoms with Gasteiger partial charge in [-0.1, -0.05) is 30.7 Å². The Kier molecular flexibility index (Phi) is 7.83. The number of carbonyl (C=O) groups excluding carboxylic acids is 2. The lowest BCUT2D eigenvalue weighted by Gasteiger charge is -2.28. The third-order valence-corrected chi connectivity index (χ3v) is 7.02. The van der Waals surface area contributed by atoms with E-state index in [0.717, 1.165) is 11.1 Å². The largest absolute Gasteiger partial charge is 0.454 e. The maximum atomic E-state index is 13.0. The van der Waals surface area contributed by atoms with Gasteiger partial charge in [-0.3, -0.25) is 9.59 Å². The van der Waals surface area contributed by atoms with Crippen LogP contribution in [0.3, 0.4) is 0 Å². The van der Waals surface area contributed by atoms with E-state index in [0.29, 0.717) is 17.9 Å². The molecule has 0 saturated heterocycles. The lowest BCUT2D eigenvalue weighted by atomic mass is 10.0. The number of amides is 2. The number of ether oxygens (including phenoxy) is 2. The number of sulfonamides is 1. The first-order valence-electron chi connectivity index (χ1n) is 11.0. The monoisotopic (exact) mass is 489 g/mol. The van der Waals surface area contributed by atoms with Crippen LogP contribution in [0.4, 0.5) is 0 Å². The molecule has 1 heterocycles. The molecular weight excluding hydrogens is 458 g/mol. The van der Waals surface area contributed by atoms with Gasteiger partial charge in [0.15, 0.2) is 11.5 Å². The van der Waals surface area contributed by atoms with Crippen LogP contribution in [0.15, 0.2) is 47.4 Å². The van der Waals surface area contributed by atoms with Crippen molar-refractivity contribution in [3.63, 3.8) is 0 Å². The highest BCUT2D eigenvalue weighted by atomic mass is 32.2. The summed E-state index contributed by atoms with van der Waals surface area (Å²) in [6.45, 7) is 7.11. The molecule has 2 aromatic carbocycles. The Labute approximate surface area is 200 Å². The van der Waals surface area contributed by atoms with E-state index >= 15 is 0 Å². The molecular formula is C24H31N3O6S. The SMILES string of the molecule is CCC(C)(C)NC(=O)CN(Cc1ccc2c(c1)OCO2)C(=O)CNS(=O)(=O)c1ccc(C)cc1. The van der Waals surface area contributed by atoms with Crippen molar-refractivity contribution in [2.24, 2.45) is 0 Å². The number of benzene rings is 2. The molecule has 34 heavy (non-hydrogen) atoms. The van der Waals surface area contributed by atoms with Crippen LogP contribution in [0.25, 0.3) is 0 Å². The number of carbonyl (C=O) groups is 2. The molecule has 3 rings (SSSR count). The van der Waals surface area contributed by atoms with Gasteiger partial charge in [0.25, 0.3) is 0 Å². The minimum Gasteiger partial charge on any atom is -0.454 e. The topological polar surface area (TPSA) is 114 Å². The number of hydrogen-bond donors (Lipinski definition) is 2. The third-order valence-electron chi connectivity index (χ3n) is 5.60. The van der Waals surface area contributed by atoms with Gasteiger partial charge < -0.3 is 19.7 Å². The average molecular weight is 490 g/mol. The molecule has 1 aliphatic rings. The van der Waals surface area contributed by atoms with Crippen LogP contribution in [0.5, 0.6) is 11.5 Å². The highest BCUT2D eigenvalue weighted by molar-refractivity contribution is 7.89. The van der Waals surface area contributed by atoms with E-state index in [-0.39, 0.29) is 30.7 Å². The standard InChI is InChI=1S/C24H31N3O6S/c1-5-24(3,4)26-22(28)15-27(14-18-8-11-20-21(12-18)33-16-32-20)23(29)13-25-34(30,31)19-9-6-17(2)7-10-19/h6-12,25H,5,13-16H2,1-4H3,(H,26,28). The van der Waals surface area contributed by atoms with Gasteiger partial charge in [-0.05, 0) is 57.0 Å². The molecule has 0 aromatic heterocycles. The summed E-state index contributed by atoms with van der Waals surface area (Å²) in [7, 11) is -3.88. The second-order valence-corrected chi connectivity index (χ2v) is 10.6. The number of hydrogen-bond acceptors (Lipinski definition) is 6. The number of aryl methyl sites for hydroxylation is 1. The van der Waals surface area contributed by atoms with Gasteiger partial charge in [-0.15, -0.1) is 0 Å². The zero-order valence-corrected chi connectivity index (χ0v) is 20.7. The summed E-state index contributed by atoms with van der Waals surface area (Å²) in [5.41, 5.74) is 1.21. The molecule has 184 valence electrons. The molecule has 0 fully saturated rings. The minimum absolute atomic E-state index is 0.0654. The first kappa shape index (κ1) is 25.5. The zero-order chi connectivity index (χ0) is 24.9. The van der Waals surface area contributed by atoms with Crippen molar-refractivity contribution in [2.45, 2.75) is 51.1 Å². The summed E-state index contributed by atoms with van der Waals surface area (Å²) in [6, 6.07) is 11.6. The molecule has 2 amide bonds. The Morgan fingerprint density at radius 1 is 1.06 bits per heavy atom. The molecule has 2 N–H and O–H groups in total. The highest BCUT2D eigenvalue weighted by Crippen LogP contribution is 2.32. The molecule has 1 aliphatic heterocycles. The first-order chi connectivity index (χ1) is 16.0. The van der Waals surface area contributed by atoms with Gasteiger partial charge >= 0.3 is 0 Å². The highest BCUT2D eigenvalue weighted by Gasteiger charge is 2.25. The van der Waals surface area contributed by atoms with Crippen LogP contribution < -0.4 is 19.5 Å². The predicted octanol–water partition coefficient (Wildman–Crippen LogP) is 2.34. The van der Waals surface area contributed by atoms with Crippen LogP contribution in [-0.2, 0) is 26.2 Å². The van der Waals surface area contributed by atoms with E-state index in [1.165, 1.54) is 17.0 Å². The maximum absolute atomic E-state index is 13.0. The number of nitrogens with zero attached hydrogens (tertiary/aromatic N) is 1. The fourth-order valence-electron chi connectivity index (χ4n) is 3.24. The Hall–Kier alpha value is -3.11. The quantitative estimate of drug-likeness (QED) is 0.530. The molecule has 0 atom stereocenters. The second-order valence-electron chi connectivity index (χ2n) is 8.86. The van der Waals surface area contributed by atoms with E-state index in [1.54, 1.807) is 30.3 Å². The molecule has 0 aliphatic carbocycles. The van der Waals surface area contributed by atoms with Crippen molar-refractivity contribution < 1.29 is 27.5 Å². The van der Waals surface area contributed by atoms with Gasteiger partial charge in [-0.2, -0.15) is 0 Å². The number of rotatable bonds is 10. The lowest BCUT2D eigenvalue weighted by molar-refractivity contribution is -0.136. The lowest BCUT2D eigenvalue weighted by Crippen LogP contribution is -2.49. The molecule has 9 nitrogen and oxygen atoms in total. The van der Waals surface area contributed by atoms with Crippen molar-refractivity contribution in [3.05, 3.63) is 53.6 Å². The molecule has 0 unspecified atom stereocenters. The summed E-state index contributed by atoms with van der Waals surface area (Å²) in [5.74, 6) is 0.302. The van der Waals surface area contributed by atoms with Gasteiger partial charge in [0.05, 0.1) is 18.0 Å². The number of fused-ring (bicyclic) bond motifs is 1. The summed E-state index contributed by atoms with van der Waals surface area (Å²) >= 11 is 0. The minimum atomic E-state index is -3.88. The van der Waals surface area contributed by atoms with Gasteiger partial charge in [0.2, 0.25) is 28.6 Å². The maximum Gasteiger partial charge on any atom is 0.241 e. The fourth-order valence-corrected chi connectivity index (χ4v) is 4.21. The molecule has 0 bridgehead atoms. The van der Waals surface area contributed by atoms with Gasteiger partial charge in [0, 0.05) is 12.1 Å². The van der Waals surface area contributed by atoms with E-state index in [2.05, 4.69) is 10.0 Å².